The number of piperazine rings is 1. The highest BCUT2D eigenvalue weighted by atomic mass is 32.2. The summed E-state index contributed by atoms with van der Waals surface area (Å²) in [6.07, 6.45) is 0. The number of nitrogens with one attached hydrogen (secondary N) is 1. The number of nitrogens with zero attached hydrogens (tertiary/aromatic N) is 3. The van der Waals surface area contributed by atoms with E-state index in [4.69, 9.17) is 0 Å². The standard InChI is InChI=1S/C27H30N4O3S/c1-21(35-26-13-11-25(12-14-26)31(33)34)27(32)28-19-22-7-5-6-8-23(22)20-29-15-17-30(18-16-29)24-9-3-2-4-10-24/h2-14,21H,15-20H2,1H3,(H,28,32). The fraction of sp³-hybridized carbons (Fsp3) is 0.296. The highest BCUT2D eigenvalue weighted by Gasteiger charge is 2.19. The molecule has 4 rings (SSSR count). The van der Waals surface area contributed by atoms with E-state index in [-0.39, 0.29) is 16.8 Å². The molecule has 0 radical (unpaired) electrons. The second-order valence-corrected chi connectivity index (χ2v) is 10.0. The van der Waals surface area contributed by atoms with Gasteiger partial charge in [-0.2, -0.15) is 0 Å². The van der Waals surface area contributed by atoms with E-state index in [0.29, 0.717) is 6.54 Å². The van der Waals surface area contributed by atoms with Crippen LogP contribution in [0.25, 0.3) is 0 Å². The Hall–Kier alpha value is -3.36. The van der Waals surface area contributed by atoms with Crippen LogP contribution in [0.3, 0.4) is 0 Å². The first-order valence-electron chi connectivity index (χ1n) is 11.8. The Labute approximate surface area is 210 Å². The summed E-state index contributed by atoms with van der Waals surface area (Å²) >= 11 is 1.39. The molecular formula is C27H30N4O3S. The summed E-state index contributed by atoms with van der Waals surface area (Å²) in [7, 11) is 0. The zero-order valence-electron chi connectivity index (χ0n) is 19.8. The van der Waals surface area contributed by atoms with Crippen LogP contribution in [0.2, 0.25) is 0 Å². The van der Waals surface area contributed by atoms with Crippen molar-refractivity contribution in [2.24, 2.45) is 0 Å². The normalized spacial score (nSPS) is 14.9. The van der Waals surface area contributed by atoms with Crippen molar-refractivity contribution in [1.82, 2.24) is 10.2 Å². The molecule has 1 atom stereocenters. The molecule has 1 unspecified atom stereocenters. The van der Waals surface area contributed by atoms with Crippen molar-refractivity contribution < 1.29 is 9.72 Å². The highest BCUT2D eigenvalue weighted by Crippen LogP contribution is 2.25. The summed E-state index contributed by atoms with van der Waals surface area (Å²) < 4.78 is 0. The molecule has 182 valence electrons. The van der Waals surface area contributed by atoms with Crippen LogP contribution in [0, 0.1) is 10.1 Å². The van der Waals surface area contributed by atoms with E-state index in [1.807, 2.05) is 25.1 Å². The molecule has 1 saturated heterocycles. The van der Waals surface area contributed by atoms with E-state index in [2.05, 4.69) is 51.5 Å². The smallest absolute Gasteiger partial charge is 0.269 e. The second kappa shape index (κ2) is 11.9. The van der Waals surface area contributed by atoms with Gasteiger partial charge in [-0.1, -0.05) is 42.5 Å². The van der Waals surface area contributed by atoms with Crippen molar-refractivity contribution in [3.05, 3.63) is 100 Å². The number of para-hydroxylation sites is 1. The van der Waals surface area contributed by atoms with Crippen LogP contribution in [-0.4, -0.2) is 47.2 Å². The Balaban J connectivity index is 1.28. The van der Waals surface area contributed by atoms with Crippen molar-refractivity contribution in [2.75, 3.05) is 31.1 Å². The summed E-state index contributed by atoms with van der Waals surface area (Å²) in [4.78, 5) is 28.8. The van der Waals surface area contributed by atoms with E-state index < -0.39 is 4.92 Å². The monoisotopic (exact) mass is 490 g/mol. The van der Waals surface area contributed by atoms with Crippen LogP contribution in [0.1, 0.15) is 18.1 Å². The first kappa shape index (κ1) is 24.8. The second-order valence-electron chi connectivity index (χ2n) is 8.60. The van der Waals surface area contributed by atoms with Gasteiger partial charge in [-0.15, -0.1) is 11.8 Å². The molecule has 1 fully saturated rings. The lowest BCUT2D eigenvalue weighted by Crippen LogP contribution is -2.46. The topological polar surface area (TPSA) is 78.7 Å². The summed E-state index contributed by atoms with van der Waals surface area (Å²) in [5.41, 5.74) is 3.68. The zero-order chi connectivity index (χ0) is 24.6. The molecule has 3 aromatic rings. The van der Waals surface area contributed by atoms with Gasteiger partial charge < -0.3 is 10.2 Å². The van der Waals surface area contributed by atoms with Gasteiger partial charge in [0.1, 0.15) is 0 Å². The summed E-state index contributed by atoms with van der Waals surface area (Å²) in [6.45, 7) is 7.18. The summed E-state index contributed by atoms with van der Waals surface area (Å²) in [6, 6.07) is 25.1. The average Bonchev–Trinajstić information content (AvgIpc) is 2.89. The van der Waals surface area contributed by atoms with E-state index in [1.165, 1.54) is 35.1 Å². The minimum Gasteiger partial charge on any atom is -0.369 e. The predicted octanol–water partition coefficient (Wildman–Crippen LogP) is 4.71. The van der Waals surface area contributed by atoms with Crippen LogP contribution in [-0.2, 0) is 17.9 Å². The largest absolute Gasteiger partial charge is 0.369 e. The van der Waals surface area contributed by atoms with Crippen LogP contribution >= 0.6 is 11.8 Å². The molecule has 1 heterocycles. The maximum Gasteiger partial charge on any atom is 0.269 e. The third kappa shape index (κ3) is 6.83. The van der Waals surface area contributed by atoms with Crippen molar-refractivity contribution >= 4 is 29.0 Å². The van der Waals surface area contributed by atoms with Crippen LogP contribution in [0.15, 0.2) is 83.8 Å². The molecule has 1 N–H and O–H groups in total. The van der Waals surface area contributed by atoms with Gasteiger partial charge in [0.2, 0.25) is 5.91 Å². The number of nitro benzene ring substituents is 1. The minimum absolute atomic E-state index is 0.0459. The molecule has 7 nitrogen and oxygen atoms in total. The fourth-order valence-electron chi connectivity index (χ4n) is 4.16. The van der Waals surface area contributed by atoms with E-state index in [9.17, 15) is 14.9 Å². The number of nitro groups is 1. The number of amides is 1. The fourth-order valence-corrected chi connectivity index (χ4v) is 5.05. The Bertz CT molecular complexity index is 1130. The highest BCUT2D eigenvalue weighted by molar-refractivity contribution is 8.00. The van der Waals surface area contributed by atoms with Crippen LogP contribution < -0.4 is 10.2 Å². The Morgan fingerprint density at radius 3 is 2.23 bits per heavy atom. The molecule has 3 aromatic carbocycles. The third-order valence-corrected chi connectivity index (χ3v) is 7.30. The summed E-state index contributed by atoms with van der Waals surface area (Å²) in [5.74, 6) is -0.0559. The maximum atomic E-state index is 12.7. The number of hydrogen-bond donors (Lipinski definition) is 1. The molecule has 0 saturated carbocycles. The van der Waals surface area contributed by atoms with Crippen molar-refractivity contribution in [3.63, 3.8) is 0 Å². The van der Waals surface area contributed by atoms with Gasteiger partial charge >= 0.3 is 0 Å². The van der Waals surface area contributed by atoms with Gasteiger partial charge in [-0.3, -0.25) is 19.8 Å². The number of carbonyl (C=O) groups excluding carboxylic acids is 1. The van der Waals surface area contributed by atoms with Gasteiger partial charge in [-0.25, -0.2) is 0 Å². The number of non-ortho nitro benzene ring substituents is 1. The molecule has 1 aliphatic rings. The van der Waals surface area contributed by atoms with Crippen LogP contribution in [0.5, 0.6) is 0 Å². The Kier molecular flexibility index (Phi) is 8.39. The third-order valence-electron chi connectivity index (χ3n) is 6.19. The van der Waals surface area contributed by atoms with Gasteiger partial charge in [0.05, 0.1) is 10.2 Å². The molecule has 1 aliphatic heterocycles. The SMILES string of the molecule is CC(Sc1ccc([N+](=O)[O-])cc1)C(=O)NCc1ccccc1CN1CCN(c2ccccc2)CC1. The van der Waals surface area contributed by atoms with E-state index in [0.717, 1.165) is 43.2 Å². The minimum atomic E-state index is -0.425. The number of thioether (sulfide) groups is 1. The molecule has 0 aliphatic carbocycles. The molecule has 35 heavy (non-hydrogen) atoms. The quantitative estimate of drug-likeness (QED) is 0.266. The number of carbonyl (C=O) groups is 1. The van der Waals surface area contributed by atoms with E-state index in [1.54, 1.807) is 12.1 Å². The lowest BCUT2D eigenvalue weighted by atomic mass is 10.1. The number of rotatable bonds is 9. The lowest BCUT2D eigenvalue weighted by molar-refractivity contribution is -0.384. The number of hydrogen-bond acceptors (Lipinski definition) is 6. The lowest BCUT2D eigenvalue weighted by Gasteiger charge is -2.36. The molecule has 8 heteroatoms. The maximum absolute atomic E-state index is 12.7. The molecule has 0 aromatic heterocycles. The number of anilines is 1. The predicted molar refractivity (Wildman–Crippen MR) is 141 cm³/mol. The Morgan fingerprint density at radius 1 is 0.943 bits per heavy atom. The first-order chi connectivity index (χ1) is 17.0. The van der Waals surface area contributed by atoms with Crippen molar-refractivity contribution in [1.29, 1.82) is 0 Å². The molecule has 0 bridgehead atoms. The first-order valence-corrected chi connectivity index (χ1v) is 12.7. The molecule has 0 spiro atoms. The van der Waals surface area contributed by atoms with Crippen LogP contribution in [0.4, 0.5) is 11.4 Å². The van der Waals surface area contributed by atoms with Gasteiger partial charge in [0.25, 0.3) is 5.69 Å². The van der Waals surface area contributed by atoms with Gasteiger partial charge in [-0.05, 0) is 42.3 Å². The Morgan fingerprint density at radius 2 is 1.57 bits per heavy atom. The molecular weight excluding hydrogens is 460 g/mol. The van der Waals surface area contributed by atoms with Gasteiger partial charge in [0.15, 0.2) is 0 Å². The number of benzene rings is 3. The zero-order valence-corrected chi connectivity index (χ0v) is 20.6. The average molecular weight is 491 g/mol. The summed E-state index contributed by atoms with van der Waals surface area (Å²) in [5, 5.41) is 13.6. The molecule has 1 amide bonds. The van der Waals surface area contributed by atoms with Crippen molar-refractivity contribution in [3.8, 4) is 0 Å². The van der Waals surface area contributed by atoms with Crippen molar-refractivity contribution in [2.45, 2.75) is 30.2 Å². The van der Waals surface area contributed by atoms with E-state index >= 15 is 0 Å². The van der Waals surface area contributed by atoms with Gasteiger partial charge in [0, 0.05) is 62.0 Å².